The van der Waals surface area contributed by atoms with Gasteiger partial charge in [-0.1, -0.05) is 12.1 Å². The first-order chi connectivity index (χ1) is 20.3. The lowest BCUT2D eigenvalue weighted by Gasteiger charge is -2.45. The zero-order valence-electron chi connectivity index (χ0n) is 23.8. The molecule has 1 aliphatic heterocycles. The fourth-order valence-electron chi connectivity index (χ4n) is 6.97. The van der Waals surface area contributed by atoms with Gasteiger partial charge in [-0.15, -0.1) is 10.2 Å². The predicted octanol–water partition coefficient (Wildman–Crippen LogP) is 6.03. The fourth-order valence-corrected chi connectivity index (χ4v) is 6.97. The molecule has 1 amide bonds. The van der Waals surface area contributed by atoms with E-state index in [2.05, 4.69) is 16.3 Å². The molecular formula is C31H31F5N6O. The number of aryl methyl sites for hydroxylation is 1. The summed E-state index contributed by atoms with van der Waals surface area (Å²) in [4.78, 5) is 16.7. The summed E-state index contributed by atoms with van der Waals surface area (Å²) < 4.78 is 72.3. The van der Waals surface area contributed by atoms with Crippen LogP contribution in [0.1, 0.15) is 70.5 Å². The van der Waals surface area contributed by atoms with Crippen molar-refractivity contribution in [3.8, 4) is 6.07 Å². The van der Waals surface area contributed by atoms with Gasteiger partial charge < -0.3 is 9.47 Å². The Labute approximate surface area is 245 Å². The van der Waals surface area contributed by atoms with E-state index in [-0.39, 0.29) is 55.0 Å². The summed E-state index contributed by atoms with van der Waals surface area (Å²) >= 11 is 0. The van der Waals surface area contributed by atoms with E-state index in [1.165, 1.54) is 11.0 Å². The molecule has 2 aliphatic carbocycles. The van der Waals surface area contributed by atoms with Gasteiger partial charge in [0.05, 0.1) is 18.2 Å². The number of carbonyl (C=O) groups excluding carboxylic acids is 1. The van der Waals surface area contributed by atoms with E-state index < -0.39 is 35.0 Å². The van der Waals surface area contributed by atoms with Crippen LogP contribution >= 0.6 is 0 Å². The van der Waals surface area contributed by atoms with E-state index in [0.29, 0.717) is 24.9 Å². The molecule has 3 aliphatic rings. The first-order valence-electron chi connectivity index (χ1n) is 14.2. The molecule has 43 heavy (non-hydrogen) atoms. The van der Waals surface area contributed by atoms with Crippen LogP contribution < -0.4 is 4.90 Å². The van der Waals surface area contributed by atoms with Crippen molar-refractivity contribution in [3.63, 3.8) is 0 Å². The highest BCUT2D eigenvalue weighted by atomic mass is 19.4. The van der Waals surface area contributed by atoms with Crippen LogP contribution in [0.4, 0.5) is 27.6 Å². The molecule has 6 rings (SSSR count). The van der Waals surface area contributed by atoms with Crippen LogP contribution in [0.3, 0.4) is 0 Å². The summed E-state index contributed by atoms with van der Waals surface area (Å²) in [5, 5.41) is 17.7. The predicted molar refractivity (Wildman–Crippen MR) is 147 cm³/mol. The number of hydrogen-bond donors (Lipinski definition) is 0. The highest BCUT2D eigenvalue weighted by Gasteiger charge is 2.47. The number of fused-ring (bicyclic) bond motifs is 1. The summed E-state index contributed by atoms with van der Waals surface area (Å²) in [7, 11) is 3.47. The third-order valence-electron chi connectivity index (χ3n) is 9.37. The molecule has 0 bridgehead atoms. The number of nitriles is 1. The molecular weight excluding hydrogens is 567 g/mol. The molecule has 7 nitrogen and oxygen atoms in total. The lowest BCUT2D eigenvalue weighted by Crippen LogP contribution is -2.43. The number of aromatic nitrogens is 3. The summed E-state index contributed by atoms with van der Waals surface area (Å²) in [5.74, 6) is -2.70. The Hall–Kier alpha value is -3.85. The number of rotatable bonds is 7. The van der Waals surface area contributed by atoms with Crippen LogP contribution in [-0.4, -0.2) is 44.6 Å². The zero-order chi connectivity index (χ0) is 30.7. The number of hydrogen-bond acceptors (Lipinski definition) is 5. The van der Waals surface area contributed by atoms with E-state index >= 15 is 0 Å². The van der Waals surface area contributed by atoms with E-state index in [4.69, 9.17) is 0 Å². The Morgan fingerprint density at radius 3 is 2.56 bits per heavy atom. The molecule has 12 heteroatoms. The van der Waals surface area contributed by atoms with Crippen molar-refractivity contribution in [2.24, 2.45) is 13.0 Å². The second-order valence-electron chi connectivity index (χ2n) is 12.3. The van der Waals surface area contributed by atoms with Crippen LogP contribution in [0, 0.1) is 17.2 Å². The summed E-state index contributed by atoms with van der Waals surface area (Å²) in [5.41, 5.74) is 0.190. The summed E-state index contributed by atoms with van der Waals surface area (Å²) in [6.07, 6.45) is -1.70. The van der Waals surface area contributed by atoms with Gasteiger partial charge >= 0.3 is 6.18 Å². The van der Waals surface area contributed by atoms with Gasteiger partial charge in [0, 0.05) is 61.5 Å². The maximum atomic E-state index is 14.3. The SMILES string of the molecule is CN(Cc1cc2c(c(C(F)(F)F)c1)CN(c1cccc(C3(Cc4nncn4C)CC(C#N)C3)c1)C2=O)C1CCC(F)(F)C1. The van der Waals surface area contributed by atoms with Gasteiger partial charge in [-0.2, -0.15) is 18.4 Å². The molecule has 0 spiro atoms. The lowest BCUT2D eigenvalue weighted by atomic mass is 9.57. The third kappa shape index (κ3) is 5.39. The molecule has 1 atom stereocenters. The maximum absolute atomic E-state index is 14.3. The number of anilines is 1. The number of alkyl halides is 5. The lowest BCUT2D eigenvalue weighted by molar-refractivity contribution is -0.138. The van der Waals surface area contributed by atoms with Gasteiger partial charge in [0.1, 0.15) is 12.2 Å². The highest BCUT2D eigenvalue weighted by Crippen LogP contribution is 2.50. The van der Waals surface area contributed by atoms with Crippen LogP contribution in [0.5, 0.6) is 0 Å². The Bertz CT molecular complexity index is 1600. The van der Waals surface area contributed by atoms with Crippen molar-refractivity contribution in [2.75, 3.05) is 11.9 Å². The van der Waals surface area contributed by atoms with Crippen molar-refractivity contribution in [2.45, 2.75) is 75.2 Å². The molecule has 0 radical (unpaired) electrons. The summed E-state index contributed by atoms with van der Waals surface area (Å²) in [6, 6.07) is 11.6. The highest BCUT2D eigenvalue weighted by molar-refractivity contribution is 6.10. The minimum Gasteiger partial charge on any atom is -0.321 e. The topological polar surface area (TPSA) is 78.1 Å². The first-order valence-corrected chi connectivity index (χ1v) is 14.2. The number of amides is 1. The van der Waals surface area contributed by atoms with Crippen molar-refractivity contribution in [1.29, 1.82) is 5.26 Å². The number of benzene rings is 2. The van der Waals surface area contributed by atoms with Gasteiger partial charge in [-0.25, -0.2) is 8.78 Å². The maximum Gasteiger partial charge on any atom is 0.416 e. The molecule has 0 saturated heterocycles. The van der Waals surface area contributed by atoms with E-state index in [9.17, 15) is 32.0 Å². The zero-order valence-corrected chi connectivity index (χ0v) is 23.8. The normalized spacial score (nSPS) is 24.7. The van der Waals surface area contributed by atoms with Crippen LogP contribution in [0.15, 0.2) is 42.7 Å². The number of halogens is 5. The summed E-state index contributed by atoms with van der Waals surface area (Å²) in [6.45, 7) is -0.223. The van der Waals surface area contributed by atoms with Crippen molar-refractivity contribution in [1.82, 2.24) is 19.7 Å². The fraction of sp³-hybridized carbons (Fsp3) is 0.484. The molecule has 3 aromatic rings. The molecule has 2 saturated carbocycles. The van der Waals surface area contributed by atoms with Gasteiger partial charge in [0.15, 0.2) is 0 Å². The molecule has 2 heterocycles. The smallest absolute Gasteiger partial charge is 0.321 e. The monoisotopic (exact) mass is 598 g/mol. The molecule has 1 aromatic heterocycles. The molecule has 226 valence electrons. The minimum absolute atomic E-state index is 0.0184. The van der Waals surface area contributed by atoms with Crippen LogP contribution in [0.25, 0.3) is 0 Å². The van der Waals surface area contributed by atoms with Gasteiger partial charge in [-0.05, 0) is 67.3 Å². The second kappa shape index (κ2) is 10.4. The van der Waals surface area contributed by atoms with E-state index in [0.717, 1.165) is 17.5 Å². The quantitative estimate of drug-likeness (QED) is 0.311. The third-order valence-corrected chi connectivity index (χ3v) is 9.37. The minimum atomic E-state index is -4.70. The van der Waals surface area contributed by atoms with Crippen molar-refractivity contribution < 1.29 is 26.7 Å². The van der Waals surface area contributed by atoms with Crippen molar-refractivity contribution in [3.05, 3.63) is 76.4 Å². The standard InChI is InChI=1S/C31H31F5N6O/c1-40(23-6-7-30(32,33)13-23)16-19-8-24-25(26(9-19)31(34,35)36)17-42(28(24)43)22-5-3-4-21(10-22)29(11-20(12-29)15-37)14-27-39-38-18-41(27)2/h3-5,8-10,18,20,23H,6-7,11-14,16-17H2,1-2H3. The Balaban J connectivity index is 1.30. The second-order valence-corrected chi connectivity index (χ2v) is 12.3. The van der Waals surface area contributed by atoms with Gasteiger partial charge in [0.25, 0.3) is 5.91 Å². The molecule has 2 fully saturated rings. The molecule has 1 unspecified atom stereocenters. The molecule has 0 N–H and O–H groups in total. The molecule has 2 aromatic carbocycles. The van der Waals surface area contributed by atoms with E-state index in [1.807, 2.05) is 23.7 Å². The average molecular weight is 599 g/mol. The Morgan fingerprint density at radius 2 is 1.93 bits per heavy atom. The first kappa shape index (κ1) is 29.2. The Kier molecular flexibility index (Phi) is 7.07. The van der Waals surface area contributed by atoms with Gasteiger partial charge in [-0.3, -0.25) is 9.69 Å². The van der Waals surface area contributed by atoms with E-state index in [1.54, 1.807) is 30.4 Å². The van der Waals surface area contributed by atoms with Crippen molar-refractivity contribution >= 4 is 11.6 Å². The number of carbonyl (C=O) groups is 1. The van der Waals surface area contributed by atoms with Crippen LogP contribution in [0.2, 0.25) is 0 Å². The Morgan fingerprint density at radius 1 is 1.16 bits per heavy atom. The van der Waals surface area contributed by atoms with Crippen LogP contribution in [-0.2, 0) is 38.1 Å². The number of nitrogens with zero attached hydrogens (tertiary/aromatic N) is 6. The largest absolute Gasteiger partial charge is 0.416 e. The average Bonchev–Trinajstić information content (AvgIpc) is 3.61. The van der Waals surface area contributed by atoms with Gasteiger partial charge in [0.2, 0.25) is 5.92 Å².